The van der Waals surface area contributed by atoms with Gasteiger partial charge in [-0.3, -0.25) is 9.59 Å². The maximum Gasteiger partial charge on any atom is 0.305 e. The van der Waals surface area contributed by atoms with Crippen molar-refractivity contribution < 1.29 is 24.2 Å². The van der Waals surface area contributed by atoms with E-state index in [0.29, 0.717) is 26.1 Å². The average molecular weight is 307 g/mol. The fourth-order valence-electron chi connectivity index (χ4n) is 2.19. The van der Waals surface area contributed by atoms with E-state index in [2.05, 4.69) is 0 Å². The van der Waals surface area contributed by atoms with E-state index in [4.69, 9.17) is 14.6 Å². The molecule has 0 fully saturated rings. The fraction of sp³-hybridized carbons (Fsp3) is 0.500. The highest BCUT2D eigenvalue weighted by atomic mass is 16.5. The molecule has 120 valence electrons. The van der Waals surface area contributed by atoms with Crippen molar-refractivity contribution in [3.8, 4) is 11.5 Å². The molecule has 0 saturated heterocycles. The number of ether oxygens (including phenoxy) is 2. The molecule has 1 amide bonds. The molecule has 6 nitrogen and oxygen atoms in total. The van der Waals surface area contributed by atoms with E-state index in [1.54, 1.807) is 7.05 Å². The van der Waals surface area contributed by atoms with Gasteiger partial charge in [-0.1, -0.05) is 6.07 Å². The Hall–Kier alpha value is -2.24. The van der Waals surface area contributed by atoms with Crippen molar-refractivity contribution in [2.24, 2.45) is 0 Å². The quantitative estimate of drug-likeness (QED) is 0.866. The van der Waals surface area contributed by atoms with E-state index in [0.717, 1.165) is 23.5 Å². The van der Waals surface area contributed by atoms with Crippen LogP contribution in [0.1, 0.15) is 24.8 Å². The molecule has 6 heteroatoms. The van der Waals surface area contributed by atoms with Gasteiger partial charge in [0.05, 0.1) is 19.6 Å². The highest BCUT2D eigenvalue weighted by molar-refractivity contribution is 5.77. The number of carbonyl (C=O) groups is 2. The smallest absolute Gasteiger partial charge is 0.305 e. The number of carboxylic acids is 1. The van der Waals surface area contributed by atoms with E-state index in [1.165, 1.54) is 4.90 Å². The summed E-state index contributed by atoms with van der Waals surface area (Å²) in [6.45, 7) is 1.52. The summed E-state index contributed by atoms with van der Waals surface area (Å²) in [7, 11) is 1.62. The summed E-state index contributed by atoms with van der Waals surface area (Å²) in [5, 5.41) is 8.62. The molecule has 0 spiro atoms. The normalized spacial score (nSPS) is 13.3. The second kappa shape index (κ2) is 7.68. The van der Waals surface area contributed by atoms with Gasteiger partial charge in [-0.25, -0.2) is 0 Å². The molecule has 1 N–H and O–H groups in total. The third-order valence-corrected chi connectivity index (χ3v) is 3.53. The zero-order chi connectivity index (χ0) is 15.9. The molecule has 0 saturated carbocycles. The summed E-state index contributed by atoms with van der Waals surface area (Å²) in [4.78, 5) is 23.9. The Morgan fingerprint density at radius 2 is 1.91 bits per heavy atom. The van der Waals surface area contributed by atoms with Gasteiger partial charge < -0.3 is 19.5 Å². The van der Waals surface area contributed by atoms with Gasteiger partial charge in [0.1, 0.15) is 0 Å². The van der Waals surface area contributed by atoms with Crippen LogP contribution in [0.25, 0.3) is 0 Å². The monoisotopic (exact) mass is 307 g/mol. The average Bonchev–Trinajstić information content (AvgIpc) is 2.74. The Morgan fingerprint density at radius 1 is 1.18 bits per heavy atom. The number of hydrogen-bond donors (Lipinski definition) is 1. The number of carbonyl (C=O) groups excluding carboxylic acids is 1. The Bertz CT molecular complexity index is 543. The summed E-state index contributed by atoms with van der Waals surface area (Å²) in [6, 6.07) is 5.71. The molecule has 0 aliphatic carbocycles. The predicted molar refractivity (Wildman–Crippen MR) is 80.3 cm³/mol. The van der Waals surface area contributed by atoms with Gasteiger partial charge in [-0.05, 0) is 24.1 Å². The minimum Gasteiger partial charge on any atom is -0.490 e. The Kier molecular flexibility index (Phi) is 5.63. The Labute approximate surface area is 129 Å². The van der Waals surface area contributed by atoms with Gasteiger partial charge in [-0.2, -0.15) is 0 Å². The molecule has 22 heavy (non-hydrogen) atoms. The Morgan fingerprint density at radius 3 is 2.64 bits per heavy atom. The van der Waals surface area contributed by atoms with Gasteiger partial charge >= 0.3 is 5.97 Å². The van der Waals surface area contributed by atoms with Crippen molar-refractivity contribution in [3.05, 3.63) is 23.8 Å². The van der Waals surface area contributed by atoms with Gasteiger partial charge in [0.25, 0.3) is 0 Å². The molecule has 0 radical (unpaired) electrons. The number of benzene rings is 1. The summed E-state index contributed by atoms with van der Waals surface area (Å²) >= 11 is 0. The van der Waals surface area contributed by atoms with Crippen molar-refractivity contribution in [2.75, 3.05) is 26.8 Å². The number of amides is 1. The van der Waals surface area contributed by atoms with Crippen molar-refractivity contribution in [1.29, 1.82) is 0 Å². The van der Waals surface area contributed by atoms with Crippen molar-refractivity contribution in [1.82, 2.24) is 4.90 Å². The second-order valence-electron chi connectivity index (χ2n) is 5.29. The standard InChI is InChI=1S/C16H21NO5/c1-17(8-7-16(19)20)15(18)6-4-12-3-5-13-14(11-12)22-10-2-9-21-13/h3,5,11H,2,4,6-10H2,1H3,(H,19,20). The lowest BCUT2D eigenvalue weighted by Crippen LogP contribution is -2.29. The maximum absolute atomic E-state index is 11.9. The van der Waals surface area contributed by atoms with Crippen molar-refractivity contribution >= 4 is 11.9 Å². The highest BCUT2D eigenvalue weighted by Crippen LogP contribution is 2.30. The first kappa shape index (κ1) is 16.1. The predicted octanol–water partition coefficient (Wildman–Crippen LogP) is 1.71. The third-order valence-electron chi connectivity index (χ3n) is 3.53. The number of fused-ring (bicyclic) bond motifs is 1. The van der Waals surface area contributed by atoms with Gasteiger partial charge in [0.2, 0.25) is 5.91 Å². The summed E-state index contributed by atoms with van der Waals surface area (Å²) in [6.07, 6.45) is 1.76. The molecule has 1 aliphatic rings. The summed E-state index contributed by atoms with van der Waals surface area (Å²) in [5.74, 6) is 0.503. The first-order valence-corrected chi connectivity index (χ1v) is 7.40. The zero-order valence-corrected chi connectivity index (χ0v) is 12.7. The van der Waals surface area contributed by atoms with Gasteiger partial charge in [0, 0.05) is 26.4 Å². The molecule has 2 rings (SSSR count). The van der Waals surface area contributed by atoms with Gasteiger partial charge in [-0.15, -0.1) is 0 Å². The molecule has 1 aliphatic heterocycles. The van der Waals surface area contributed by atoms with E-state index in [1.807, 2.05) is 18.2 Å². The number of hydrogen-bond acceptors (Lipinski definition) is 4. The topological polar surface area (TPSA) is 76.1 Å². The van der Waals surface area contributed by atoms with Crippen LogP contribution in [-0.4, -0.2) is 48.7 Å². The molecular formula is C16H21NO5. The lowest BCUT2D eigenvalue weighted by molar-refractivity contribution is -0.138. The third kappa shape index (κ3) is 4.65. The number of rotatable bonds is 6. The van der Waals surface area contributed by atoms with Crippen LogP contribution in [0.3, 0.4) is 0 Å². The molecule has 0 unspecified atom stereocenters. The molecule has 1 aromatic carbocycles. The van der Waals surface area contributed by atoms with Crippen LogP contribution >= 0.6 is 0 Å². The number of aliphatic carboxylic acids is 1. The fourth-order valence-corrected chi connectivity index (χ4v) is 2.19. The van der Waals surface area contributed by atoms with Crippen molar-refractivity contribution in [2.45, 2.75) is 25.7 Å². The van der Waals surface area contributed by atoms with Crippen LogP contribution in [0.5, 0.6) is 11.5 Å². The number of carboxylic acid groups (broad SMARTS) is 1. The van der Waals surface area contributed by atoms with Crippen LogP contribution < -0.4 is 9.47 Å². The lowest BCUT2D eigenvalue weighted by atomic mass is 10.1. The summed E-state index contributed by atoms with van der Waals surface area (Å²) in [5.41, 5.74) is 1.00. The van der Waals surface area contributed by atoms with Crippen molar-refractivity contribution in [3.63, 3.8) is 0 Å². The molecule has 0 aromatic heterocycles. The molecule has 1 heterocycles. The van der Waals surface area contributed by atoms with E-state index in [9.17, 15) is 9.59 Å². The van der Waals surface area contributed by atoms with E-state index >= 15 is 0 Å². The SMILES string of the molecule is CN(CCC(=O)O)C(=O)CCc1ccc2c(c1)OCCCO2. The summed E-state index contributed by atoms with van der Waals surface area (Å²) < 4.78 is 11.2. The molecule has 0 atom stereocenters. The van der Waals surface area contributed by atoms with Crippen LogP contribution in [0.4, 0.5) is 0 Å². The van der Waals surface area contributed by atoms with Crippen LogP contribution in [-0.2, 0) is 16.0 Å². The number of nitrogens with zero attached hydrogens (tertiary/aromatic N) is 1. The Balaban J connectivity index is 1.87. The molecule has 1 aromatic rings. The first-order valence-electron chi connectivity index (χ1n) is 7.40. The van der Waals surface area contributed by atoms with E-state index < -0.39 is 5.97 Å². The number of aryl methyl sites for hydroxylation is 1. The molecular weight excluding hydrogens is 286 g/mol. The van der Waals surface area contributed by atoms with Crippen LogP contribution in [0.15, 0.2) is 18.2 Å². The van der Waals surface area contributed by atoms with Crippen LogP contribution in [0, 0.1) is 0 Å². The van der Waals surface area contributed by atoms with Gasteiger partial charge in [0.15, 0.2) is 11.5 Å². The largest absolute Gasteiger partial charge is 0.490 e. The zero-order valence-electron chi connectivity index (χ0n) is 12.7. The minimum atomic E-state index is -0.900. The maximum atomic E-state index is 11.9. The van der Waals surface area contributed by atoms with E-state index in [-0.39, 0.29) is 18.9 Å². The minimum absolute atomic E-state index is 0.0355. The molecule has 0 bridgehead atoms. The first-order chi connectivity index (χ1) is 10.6. The second-order valence-corrected chi connectivity index (χ2v) is 5.29. The van der Waals surface area contributed by atoms with Crippen LogP contribution in [0.2, 0.25) is 0 Å². The lowest BCUT2D eigenvalue weighted by Gasteiger charge is -2.16. The highest BCUT2D eigenvalue weighted by Gasteiger charge is 2.13.